The number of hydrogen-bond donors (Lipinski definition) is 3. The molecule has 0 spiro atoms. The summed E-state index contributed by atoms with van der Waals surface area (Å²) in [6.07, 6.45) is -0.885. The minimum absolute atomic E-state index is 0.0412. The van der Waals surface area contributed by atoms with Crippen LogP contribution in [0.1, 0.15) is 22.8 Å². The second-order valence-electron chi connectivity index (χ2n) is 6.48. The van der Waals surface area contributed by atoms with Crippen LogP contribution in [0.15, 0.2) is 42.5 Å². The molecule has 1 unspecified atom stereocenters. The number of benzene rings is 2. The number of aliphatic hydroxyl groups is 1. The highest BCUT2D eigenvalue weighted by Gasteiger charge is 2.16. The number of aliphatic hydroxyl groups excluding tert-OH is 1. The van der Waals surface area contributed by atoms with Crippen molar-refractivity contribution in [1.82, 2.24) is 5.32 Å². The zero-order chi connectivity index (χ0) is 19.3. The lowest BCUT2D eigenvalue weighted by Gasteiger charge is -2.16. The first kappa shape index (κ1) is 19.5. The van der Waals surface area contributed by atoms with Gasteiger partial charge < -0.3 is 20.6 Å². The number of anilines is 2. The summed E-state index contributed by atoms with van der Waals surface area (Å²) in [5.41, 5.74) is 4.24. The van der Waals surface area contributed by atoms with Crippen molar-refractivity contribution in [2.45, 2.75) is 20.0 Å². The third-order valence-corrected chi connectivity index (χ3v) is 4.09. The molecule has 0 radical (unpaired) electrons. The van der Waals surface area contributed by atoms with Crippen LogP contribution in [-0.4, -0.2) is 37.6 Å². The van der Waals surface area contributed by atoms with Crippen LogP contribution in [0.2, 0.25) is 0 Å². The van der Waals surface area contributed by atoms with Crippen LogP contribution in [0, 0.1) is 13.8 Å². The molecule has 2 aromatic carbocycles. The fraction of sp³-hybridized carbons (Fsp3) is 0.300. The van der Waals surface area contributed by atoms with E-state index in [-0.39, 0.29) is 6.54 Å². The Labute approximate surface area is 153 Å². The zero-order valence-corrected chi connectivity index (χ0v) is 15.5. The van der Waals surface area contributed by atoms with Gasteiger partial charge in [0.2, 0.25) is 0 Å². The van der Waals surface area contributed by atoms with Crippen LogP contribution in [0.4, 0.5) is 11.4 Å². The summed E-state index contributed by atoms with van der Waals surface area (Å²) in [6.45, 7) is 3.78. The van der Waals surface area contributed by atoms with Crippen LogP contribution in [-0.2, 0) is 9.59 Å². The quantitative estimate of drug-likeness (QED) is 0.718. The molecular formula is C20H25N3O3. The van der Waals surface area contributed by atoms with Gasteiger partial charge >= 0.3 is 11.8 Å². The highest BCUT2D eigenvalue weighted by molar-refractivity contribution is 6.39. The number of nitrogens with one attached hydrogen (secondary N) is 2. The summed E-state index contributed by atoms with van der Waals surface area (Å²) in [6, 6.07) is 12.9. The average Bonchev–Trinajstić information content (AvgIpc) is 2.61. The van der Waals surface area contributed by atoms with Crippen molar-refractivity contribution in [2.75, 3.05) is 30.9 Å². The molecule has 0 aliphatic rings. The van der Waals surface area contributed by atoms with Gasteiger partial charge in [0.05, 0.1) is 6.10 Å². The molecule has 0 fully saturated rings. The van der Waals surface area contributed by atoms with E-state index in [2.05, 4.69) is 10.6 Å². The van der Waals surface area contributed by atoms with Gasteiger partial charge in [0.15, 0.2) is 0 Å². The van der Waals surface area contributed by atoms with E-state index in [1.54, 1.807) is 18.2 Å². The lowest BCUT2D eigenvalue weighted by atomic mass is 10.1. The monoisotopic (exact) mass is 355 g/mol. The second-order valence-corrected chi connectivity index (χ2v) is 6.48. The van der Waals surface area contributed by atoms with E-state index in [1.807, 2.05) is 57.1 Å². The Morgan fingerprint density at radius 2 is 1.69 bits per heavy atom. The van der Waals surface area contributed by atoms with E-state index in [0.29, 0.717) is 11.3 Å². The number of rotatable bonds is 5. The van der Waals surface area contributed by atoms with Crippen molar-refractivity contribution in [3.8, 4) is 0 Å². The van der Waals surface area contributed by atoms with Crippen molar-refractivity contribution in [2.24, 2.45) is 0 Å². The first-order chi connectivity index (χ1) is 12.3. The van der Waals surface area contributed by atoms with Gasteiger partial charge in [-0.3, -0.25) is 9.59 Å². The summed E-state index contributed by atoms with van der Waals surface area (Å²) in [4.78, 5) is 25.9. The van der Waals surface area contributed by atoms with Gasteiger partial charge in [-0.2, -0.15) is 0 Å². The molecule has 6 heteroatoms. The highest BCUT2D eigenvalue weighted by Crippen LogP contribution is 2.18. The summed E-state index contributed by atoms with van der Waals surface area (Å²) in [5, 5.41) is 15.2. The Kier molecular flexibility index (Phi) is 6.36. The van der Waals surface area contributed by atoms with Crippen LogP contribution < -0.4 is 15.5 Å². The van der Waals surface area contributed by atoms with Crippen molar-refractivity contribution in [1.29, 1.82) is 0 Å². The number of nitrogens with zero attached hydrogens (tertiary/aromatic N) is 1. The number of aryl methyl sites for hydroxylation is 2. The van der Waals surface area contributed by atoms with Gasteiger partial charge in [0, 0.05) is 32.0 Å². The van der Waals surface area contributed by atoms with Crippen molar-refractivity contribution in [3.63, 3.8) is 0 Å². The van der Waals surface area contributed by atoms with Gasteiger partial charge in [0.1, 0.15) is 0 Å². The summed E-state index contributed by atoms with van der Waals surface area (Å²) in [5.74, 6) is -1.54. The third kappa shape index (κ3) is 5.07. The average molecular weight is 355 g/mol. The van der Waals surface area contributed by atoms with E-state index < -0.39 is 17.9 Å². The lowest BCUT2D eigenvalue weighted by Crippen LogP contribution is -2.37. The summed E-state index contributed by atoms with van der Waals surface area (Å²) >= 11 is 0. The molecule has 138 valence electrons. The number of hydrogen-bond acceptors (Lipinski definition) is 4. The molecule has 0 saturated carbocycles. The first-order valence-corrected chi connectivity index (χ1v) is 8.39. The molecule has 2 rings (SSSR count). The third-order valence-electron chi connectivity index (χ3n) is 4.09. The number of carbonyl (C=O) groups is 2. The smallest absolute Gasteiger partial charge is 0.313 e. The maximum absolute atomic E-state index is 12.0. The number of carbonyl (C=O) groups excluding carboxylic acids is 2. The topological polar surface area (TPSA) is 81.7 Å². The van der Waals surface area contributed by atoms with Gasteiger partial charge in [-0.25, -0.2) is 0 Å². The van der Waals surface area contributed by atoms with Crippen molar-refractivity contribution < 1.29 is 14.7 Å². The molecule has 2 aromatic rings. The Morgan fingerprint density at radius 1 is 1.04 bits per heavy atom. The normalized spacial score (nSPS) is 11.6. The maximum atomic E-state index is 12.0. The first-order valence-electron chi connectivity index (χ1n) is 8.39. The van der Waals surface area contributed by atoms with Gasteiger partial charge in [-0.1, -0.05) is 29.8 Å². The largest absolute Gasteiger partial charge is 0.387 e. The molecule has 0 heterocycles. The highest BCUT2D eigenvalue weighted by atomic mass is 16.3. The second kappa shape index (κ2) is 8.49. The van der Waals surface area contributed by atoms with Crippen molar-refractivity contribution >= 4 is 23.2 Å². The molecule has 1 atom stereocenters. The van der Waals surface area contributed by atoms with Gasteiger partial charge in [0.25, 0.3) is 0 Å². The SMILES string of the molecule is Cc1ccc(NC(=O)C(=O)NCC(O)c2ccc(N(C)C)cc2)c(C)c1. The van der Waals surface area contributed by atoms with Crippen LogP contribution in [0.25, 0.3) is 0 Å². The maximum Gasteiger partial charge on any atom is 0.313 e. The van der Waals surface area contributed by atoms with E-state index in [4.69, 9.17) is 0 Å². The van der Waals surface area contributed by atoms with Crippen molar-refractivity contribution in [3.05, 3.63) is 59.2 Å². The molecule has 0 bridgehead atoms. The Bertz CT molecular complexity index is 785. The Hall–Kier alpha value is -2.86. The minimum atomic E-state index is -0.885. The summed E-state index contributed by atoms with van der Waals surface area (Å²) < 4.78 is 0. The zero-order valence-electron chi connectivity index (χ0n) is 15.5. The van der Waals surface area contributed by atoms with Crippen LogP contribution >= 0.6 is 0 Å². The van der Waals surface area contributed by atoms with E-state index in [0.717, 1.165) is 16.8 Å². The lowest BCUT2D eigenvalue weighted by molar-refractivity contribution is -0.136. The molecule has 0 aromatic heterocycles. The van der Waals surface area contributed by atoms with Crippen LogP contribution in [0.3, 0.4) is 0 Å². The standard InChI is InChI=1S/C20H25N3O3/c1-13-5-10-17(14(2)11-13)22-20(26)19(25)21-12-18(24)15-6-8-16(9-7-15)23(3)4/h5-11,18,24H,12H2,1-4H3,(H,21,25)(H,22,26). The van der Waals surface area contributed by atoms with Crippen LogP contribution in [0.5, 0.6) is 0 Å². The van der Waals surface area contributed by atoms with E-state index in [9.17, 15) is 14.7 Å². The molecule has 26 heavy (non-hydrogen) atoms. The fourth-order valence-electron chi connectivity index (χ4n) is 2.52. The predicted molar refractivity (Wildman–Crippen MR) is 103 cm³/mol. The molecular weight excluding hydrogens is 330 g/mol. The molecule has 0 aliphatic heterocycles. The fourth-order valence-corrected chi connectivity index (χ4v) is 2.52. The Morgan fingerprint density at radius 3 is 2.27 bits per heavy atom. The predicted octanol–water partition coefficient (Wildman–Crippen LogP) is 2.16. The Balaban J connectivity index is 1.89. The number of amides is 2. The molecule has 3 N–H and O–H groups in total. The van der Waals surface area contributed by atoms with Gasteiger partial charge in [-0.05, 0) is 43.2 Å². The molecule has 2 amide bonds. The molecule has 0 aliphatic carbocycles. The van der Waals surface area contributed by atoms with E-state index in [1.165, 1.54) is 0 Å². The van der Waals surface area contributed by atoms with E-state index >= 15 is 0 Å². The van der Waals surface area contributed by atoms with Gasteiger partial charge in [-0.15, -0.1) is 0 Å². The molecule has 6 nitrogen and oxygen atoms in total. The summed E-state index contributed by atoms with van der Waals surface area (Å²) in [7, 11) is 3.86. The molecule has 0 saturated heterocycles. The minimum Gasteiger partial charge on any atom is -0.387 e.